The summed E-state index contributed by atoms with van der Waals surface area (Å²) >= 11 is 0. The van der Waals surface area contributed by atoms with Gasteiger partial charge in [-0.25, -0.2) is 9.59 Å². The number of amides is 1. The lowest BCUT2D eigenvalue weighted by atomic mass is 9.75. The Morgan fingerprint density at radius 2 is 1.89 bits per heavy atom. The molecule has 27 heavy (non-hydrogen) atoms. The minimum atomic E-state index is -0.839. The van der Waals surface area contributed by atoms with Crippen molar-refractivity contribution in [3.05, 3.63) is 35.9 Å². The van der Waals surface area contributed by atoms with Gasteiger partial charge in [0.15, 0.2) is 0 Å². The van der Waals surface area contributed by atoms with E-state index in [0.717, 1.165) is 18.4 Å². The Balaban J connectivity index is 1.63. The summed E-state index contributed by atoms with van der Waals surface area (Å²) < 4.78 is 11.2. The third kappa shape index (κ3) is 4.45. The summed E-state index contributed by atoms with van der Waals surface area (Å²) in [4.78, 5) is 26.6. The molecule has 1 saturated heterocycles. The van der Waals surface area contributed by atoms with Crippen molar-refractivity contribution in [2.24, 2.45) is 17.8 Å². The molecule has 0 unspecified atom stereocenters. The summed E-state index contributed by atoms with van der Waals surface area (Å²) in [5.41, 5.74) is 1.02. The molecule has 1 amide bonds. The zero-order valence-corrected chi connectivity index (χ0v) is 16.8. The van der Waals surface area contributed by atoms with Gasteiger partial charge in [-0.15, -0.1) is 0 Å². The lowest BCUT2D eigenvalue weighted by molar-refractivity contribution is -0.164. The van der Waals surface area contributed by atoms with E-state index in [4.69, 9.17) is 9.47 Å². The van der Waals surface area contributed by atoms with E-state index < -0.39 is 18.2 Å². The molecule has 2 fully saturated rings. The first-order valence-corrected chi connectivity index (χ1v) is 10.1. The van der Waals surface area contributed by atoms with E-state index in [-0.39, 0.29) is 18.7 Å². The fourth-order valence-corrected chi connectivity index (χ4v) is 4.31. The van der Waals surface area contributed by atoms with Crippen molar-refractivity contribution in [2.45, 2.75) is 65.2 Å². The Bertz CT molecular complexity index is 660. The zero-order valence-electron chi connectivity index (χ0n) is 16.8. The molecule has 148 valence electrons. The van der Waals surface area contributed by atoms with Crippen LogP contribution in [0.15, 0.2) is 30.3 Å². The molecule has 1 aliphatic heterocycles. The maximum Gasteiger partial charge on any atom is 0.411 e. The van der Waals surface area contributed by atoms with Gasteiger partial charge in [-0.05, 0) is 43.1 Å². The molecular weight excluding hydrogens is 342 g/mol. The molecule has 0 aromatic heterocycles. The first kappa shape index (κ1) is 19.7. The van der Waals surface area contributed by atoms with Crippen LogP contribution in [0.3, 0.4) is 0 Å². The predicted octanol–water partition coefficient (Wildman–Crippen LogP) is 4.57. The number of carbonyl (C=O) groups is 2. The average Bonchev–Trinajstić information content (AvgIpc) is 3.03. The van der Waals surface area contributed by atoms with Crippen molar-refractivity contribution in [3.8, 4) is 0 Å². The van der Waals surface area contributed by atoms with Crippen molar-refractivity contribution in [1.29, 1.82) is 0 Å². The highest BCUT2D eigenvalue weighted by molar-refractivity contribution is 5.82. The van der Waals surface area contributed by atoms with Gasteiger partial charge in [0.2, 0.25) is 6.10 Å². The van der Waals surface area contributed by atoms with Crippen LogP contribution in [0.5, 0.6) is 0 Å². The van der Waals surface area contributed by atoms with E-state index in [1.807, 2.05) is 37.3 Å². The summed E-state index contributed by atoms with van der Waals surface area (Å²) in [7, 11) is 0. The smallest absolute Gasteiger partial charge is 0.411 e. The number of benzene rings is 1. The SMILES string of the molecule is CC(C)[C@@H]1CC[C@@H](C)C[C@H]1OC(=O)[C@H]1CN([C@H](C)c2ccccc2)C(=O)O1. The molecule has 1 heterocycles. The molecule has 1 aromatic carbocycles. The van der Waals surface area contributed by atoms with Crippen LogP contribution in [-0.2, 0) is 14.3 Å². The molecule has 0 spiro atoms. The van der Waals surface area contributed by atoms with Crippen LogP contribution in [0, 0.1) is 17.8 Å². The van der Waals surface area contributed by atoms with Crippen LogP contribution in [0.1, 0.15) is 58.6 Å². The molecule has 5 nitrogen and oxygen atoms in total. The summed E-state index contributed by atoms with van der Waals surface area (Å²) in [6, 6.07) is 9.62. The number of esters is 1. The van der Waals surface area contributed by atoms with Gasteiger partial charge >= 0.3 is 12.1 Å². The fourth-order valence-electron chi connectivity index (χ4n) is 4.31. The van der Waals surface area contributed by atoms with Gasteiger partial charge in [-0.3, -0.25) is 4.90 Å². The normalized spacial score (nSPS) is 29.5. The fraction of sp³-hybridized carbons (Fsp3) is 0.636. The third-order valence-corrected chi connectivity index (χ3v) is 6.08. The maximum absolute atomic E-state index is 12.7. The lowest BCUT2D eigenvalue weighted by Crippen LogP contribution is -2.39. The van der Waals surface area contributed by atoms with Crippen molar-refractivity contribution in [3.63, 3.8) is 0 Å². The molecule has 2 aliphatic rings. The van der Waals surface area contributed by atoms with E-state index in [9.17, 15) is 9.59 Å². The Morgan fingerprint density at radius 1 is 1.19 bits per heavy atom. The number of hydrogen-bond donors (Lipinski definition) is 0. The first-order chi connectivity index (χ1) is 12.9. The Labute approximate surface area is 162 Å². The van der Waals surface area contributed by atoms with E-state index in [2.05, 4.69) is 20.8 Å². The first-order valence-electron chi connectivity index (χ1n) is 10.1. The van der Waals surface area contributed by atoms with Crippen LogP contribution in [-0.4, -0.2) is 35.7 Å². The average molecular weight is 373 g/mol. The van der Waals surface area contributed by atoms with Crippen molar-refractivity contribution in [2.75, 3.05) is 6.54 Å². The Hall–Kier alpha value is -2.04. The van der Waals surface area contributed by atoms with Crippen LogP contribution in [0.25, 0.3) is 0 Å². The highest BCUT2D eigenvalue weighted by Crippen LogP contribution is 2.36. The largest absolute Gasteiger partial charge is 0.459 e. The van der Waals surface area contributed by atoms with Gasteiger partial charge in [0.05, 0.1) is 12.6 Å². The van der Waals surface area contributed by atoms with E-state index in [0.29, 0.717) is 17.8 Å². The quantitative estimate of drug-likeness (QED) is 0.709. The van der Waals surface area contributed by atoms with E-state index in [1.165, 1.54) is 6.42 Å². The number of hydrogen-bond acceptors (Lipinski definition) is 4. The topological polar surface area (TPSA) is 55.8 Å². The molecule has 5 atom stereocenters. The van der Waals surface area contributed by atoms with Crippen molar-refractivity contribution >= 4 is 12.1 Å². The van der Waals surface area contributed by atoms with E-state index >= 15 is 0 Å². The zero-order chi connectivity index (χ0) is 19.6. The number of rotatable bonds is 5. The van der Waals surface area contributed by atoms with Crippen LogP contribution < -0.4 is 0 Å². The molecule has 5 heteroatoms. The highest BCUT2D eigenvalue weighted by atomic mass is 16.6. The van der Waals surface area contributed by atoms with Crippen LogP contribution >= 0.6 is 0 Å². The summed E-state index contributed by atoms with van der Waals surface area (Å²) in [5, 5.41) is 0. The maximum atomic E-state index is 12.7. The molecule has 0 N–H and O–H groups in total. The van der Waals surface area contributed by atoms with E-state index in [1.54, 1.807) is 4.90 Å². The standard InChI is InChI=1S/C22H31NO4/c1-14(2)18-11-10-15(3)12-19(18)26-21(24)20-13-23(22(25)27-20)16(4)17-8-6-5-7-9-17/h5-9,14-16,18-20H,10-13H2,1-4H3/t15-,16-,18+,19-,20-/m1/s1. The molecule has 1 saturated carbocycles. The molecule has 0 bridgehead atoms. The molecule has 1 aliphatic carbocycles. The number of nitrogens with zero attached hydrogens (tertiary/aromatic N) is 1. The van der Waals surface area contributed by atoms with Gasteiger partial charge in [0.1, 0.15) is 6.10 Å². The number of cyclic esters (lactones) is 1. The van der Waals surface area contributed by atoms with Crippen LogP contribution in [0.2, 0.25) is 0 Å². The van der Waals surface area contributed by atoms with Crippen LogP contribution in [0.4, 0.5) is 4.79 Å². The molecular formula is C22H31NO4. The second kappa shape index (κ2) is 8.32. The number of ether oxygens (including phenoxy) is 2. The minimum Gasteiger partial charge on any atom is -0.459 e. The van der Waals surface area contributed by atoms with Gasteiger partial charge < -0.3 is 9.47 Å². The molecule has 1 aromatic rings. The summed E-state index contributed by atoms with van der Waals surface area (Å²) in [5.74, 6) is 0.993. The summed E-state index contributed by atoms with van der Waals surface area (Å²) in [6.45, 7) is 8.75. The third-order valence-electron chi connectivity index (χ3n) is 6.08. The number of carbonyl (C=O) groups excluding carboxylic acids is 2. The van der Waals surface area contributed by atoms with Gasteiger partial charge in [0.25, 0.3) is 0 Å². The molecule has 3 rings (SSSR count). The second-order valence-corrected chi connectivity index (χ2v) is 8.41. The lowest BCUT2D eigenvalue weighted by Gasteiger charge is -2.37. The van der Waals surface area contributed by atoms with Crippen molar-refractivity contribution in [1.82, 2.24) is 4.90 Å². The molecule has 0 radical (unpaired) electrons. The van der Waals surface area contributed by atoms with Gasteiger partial charge in [-0.2, -0.15) is 0 Å². The summed E-state index contributed by atoms with van der Waals surface area (Å²) in [6.07, 6.45) is 1.77. The van der Waals surface area contributed by atoms with Gasteiger partial charge in [0, 0.05) is 0 Å². The predicted molar refractivity (Wildman–Crippen MR) is 103 cm³/mol. The van der Waals surface area contributed by atoms with Gasteiger partial charge in [-0.1, -0.05) is 57.5 Å². The Morgan fingerprint density at radius 3 is 2.56 bits per heavy atom. The second-order valence-electron chi connectivity index (χ2n) is 8.41. The Kier molecular flexibility index (Phi) is 6.08. The minimum absolute atomic E-state index is 0.0828. The highest BCUT2D eigenvalue weighted by Gasteiger charge is 2.42. The monoisotopic (exact) mass is 373 g/mol. The van der Waals surface area contributed by atoms with Crippen molar-refractivity contribution < 1.29 is 19.1 Å².